The Labute approximate surface area is 403 Å². The molecule has 1 N–H and O–H groups in total. The maximum absolute atomic E-state index is 14.1. The number of aromatic nitrogens is 3. The highest BCUT2D eigenvalue weighted by Gasteiger charge is 2.22. The van der Waals surface area contributed by atoms with Gasteiger partial charge in [-0.2, -0.15) is 4.98 Å². The Hall–Kier alpha value is -5.95. The number of carbonyl (C=O) groups is 1. The number of aryl methyl sites for hydroxylation is 1. The largest absolute Gasteiger partial charge is 0.456 e. The third kappa shape index (κ3) is 12.0. The number of carbonyl (C=O) groups excluding carboxylic acids is 1. The topological polar surface area (TPSA) is 94.0 Å². The minimum atomic E-state index is -0.411. The number of halogens is 2. The predicted octanol–water partition coefficient (Wildman–Crippen LogP) is 12.4. The summed E-state index contributed by atoms with van der Waals surface area (Å²) in [7, 11) is 0. The first-order valence-electron chi connectivity index (χ1n) is 24.1. The van der Waals surface area contributed by atoms with Crippen LogP contribution in [0.3, 0.4) is 0 Å². The van der Waals surface area contributed by atoms with Crippen molar-refractivity contribution >= 4 is 57.1 Å². The summed E-state index contributed by atoms with van der Waals surface area (Å²) in [6.45, 7) is 10.8. The van der Waals surface area contributed by atoms with Gasteiger partial charge in [0.15, 0.2) is 0 Å². The third-order valence-corrected chi connectivity index (χ3v) is 13.4. The summed E-state index contributed by atoms with van der Waals surface area (Å²) in [4.78, 5) is 26.2. The van der Waals surface area contributed by atoms with Crippen LogP contribution in [0.2, 0.25) is 5.02 Å². The van der Waals surface area contributed by atoms with Crippen LogP contribution < -0.4 is 10.1 Å². The van der Waals surface area contributed by atoms with Crippen LogP contribution in [-0.4, -0.2) is 83.2 Å². The van der Waals surface area contributed by atoms with E-state index in [9.17, 15) is 9.18 Å². The first kappa shape index (κ1) is 47.1. The van der Waals surface area contributed by atoms with E-state index < -0.39 is 5.82 Å². The lowest BCUT2D eigenvalue weighted by atomic mass is 9.95. The zero-order valence-electron chi connectivity index (χ0n) is 38.8. The maximum atomic E-state index is 14.1. The zero-order valence-corrected chi connectivity index (χ0v) is 39.6. The molecule has 3 heterocycles. The molecule has 9 rings (SSSR count). The first-order valence-corrected chi connectivity index (χ1v) is 24.5. The van der Waals surface area contributed by atoms with Gasteiger partial charge in [0.25, 0.3) is 0 Å². The van der Waals surface area contributed by atoms with Crippen molar-refractivity contribution in [3.63, 3.8) is 0 Å². The van der Waals surface area contributed by atoms with Gasteiger partial charge in [-0.25, -0.2) is 9.37 Å². The number of hydrogen-bond donors (Lipinski definition) is 1. The number of rotatable bonds is 20. The normalized spacial score (nSPS) is 15.3. The third-order valence-electron chi connectivity index (χ3n) is 13.2. The van der Waals surface area contributed by atoms with Crippen molar-refractivity contribution in [2.75, 3.05) is 57.9 Å². The van der Waals surface area contributed by atoms with Crippen molar-refractivity contribution in [3.05, 3.63) is 155 Å². The number of nitrogens with zero attached hydrogens (tertiary/aromatic N) is 5. The van der Waals surface area contributed by atoms with E-state index in [1.165, 1.54) is 43.0 Å². The number of piperazine rings is 1. The molecule has 10 nitrogen and oxygen atoms in total. The summed E-state index contributed by atoms with van der Waals surface area (Å²) >= 11 is 6.12. The summed E-state index contributed by atoms with van der Waals surface area (Å²) in [5, 5.41) is 6.76. The fraction of sp³-hybridized carbons (Fsp3) is 0.339. The summed E-state index contributed by atoms with van der Waals surface area (Å²) in [5.74, 6) is 1.24. The van der Waals surface area contributed by atoms with Gasteiger partial charge in [-0.15, -0.1) is 0 Å². The van der Waals surface area contributed by atoms with Gasteiger partial charge in [0.1, 0.15) is 29.3 Å². The van der Waals surface area contributed by atoms with E-state index in [2.05, 4.69) is 67.3 Å². The average molecular weight is 936 g/mol. The van der Waals surface area contributed by atoms with Gasteiger partial charge in [0.2, 0.25) is 5.95 Å². The Kier molecular flexibility index (Phi) is 15.9. The van der Waals surface area contributed by atoms with Crippen LogP contribution in [0.1, 0.15) is 73.2 Å². The summed E-state index contributed by atoms with van der Waals surface area (Å²) in [6, 6.07) is 33.9. The lowest BCUT2D eigenvalue weighted by molar-refractivity contribution is -0.104. The molecule has 12 heteroatoms. The van der Waals surface area contributed by atoms with Crippen molar-refractivity contribution in [3.8, 4) is 16.9 Å². The number of hydrogen-bond acceptors (Lipinski definition) is 9. The van der Waals surface area contributed by atoms with Gasteiger partial charge in [-0.1, -0.05) is 110 Å². The maximum Gasteiger partial charge on any atom is 0.229 e. The van der Waals surface area contributed by atoms with Gasteiger partial charge in [-0.3, -0.25) is 9.69 Å². The molecule has 7 aromatic rings. The molecule has 5 aromatic carbocycles. The van der Waals surface area contributed by atoms with Gasteiger partial charge >= 0.3 is 0 Å². The second-order valence-corrected chi connectivity index (χ2v) is 18.5. The molecule has 0 atom stereocenters. The monoisotopic (exact) mass is 934 g/mol. The molecular weight excluding hydrogens is 875 g/mol. The molecule has 352 valence electrons. The average Bonchev–Trinajstić information content (AvgIpc) is 3.74. The highest BCUT2D eigenvalue weighted by Crippen LogP contribution is 2.37. The fourth-order valence-electron chi connectivity index (χ4n) is 9.53. The molecule has 0 unspecified atom stereocenters. The van der Waals surface area contributed by atoms with Gasteiger partial charge in [0.05, 0.1) is 6.61 Å². The second-order valence-electron chi connectivity index (χ2n) is 18.0. The molecule has 1 saturated carbocycles. The molecule has 0 amide bonds. The Morgan fingerprint density at radius 3 is 2.37 bits per heavy atom. The summed E-state index contributed by atoms with van der Waals surface area (Å²) in [6.07, 6.45) is 14.2. The number of allylic oxidation sites excluding steroid dienone is 1. The number of nitrogens with one attached hydrogen (secondary N) is 1. The highest BCUT2D eigenvalue weighted by molar-refractivity contribution is 6.30. The van der Waals surface area contributed by atoms with Gasteiger partial charge in [0, 0.05) is 111 Å². The lowest BCUT2D eigenvalue weighted by Crippen LogP contribution is -2.46. The van der Waals surface area contributed by atoms with Crippen molar-refractivity contribution in [2.24, 2.45) is 0 Å². The molecule has 2 aliphatic rings. The van der Waals surface area contributed by atoms with E-state index in [1.807, 2.05) is 61.7 Å². The molecular formula is C56H60ClFN6O4. The van der Waals surface area contributed by atoms with Crippen LogP contribution in [0, 0.1) is 12.7 Å². The predicted molar refractivity (Wildman–Crippen MR) is 271 cm³/mol. The number of aldehydes is 1. The molecule has 0 bridgehead atoms. The summed E-state index contributed by atoms with van der Waals surface area (Å²) < 4.78 is 34.6. The lowest BCUT2D eigenvalue weighted by Gasteiger charge is -2.34. The molecule has 68 heavy (non-hydrogen) atoms. The molecule has 1 aliphatic carbocycles. The van der Waals surface area contributed by atoms with Crippen LogP contribution in [-0.2, 0) is 27.4 Å². The van der Waals surface area contributed by atoms with Crippen LogP contribution in [0.5, 0.6) is 5.75 Å². The van der Waals surface area contributed by atoms with Crippen LogP contribution in [0.15, 0.2) is 122 Å². The van der Waals surface area contributed by atoms with E-state index in [1.54, 1.807) is 6.07 Å². The van der Waals surface area contributed by atoms with Gasteiger partial charge < -0.3 is 29.0 Å². The fourth-order valence-corrected chi connectivity index (χ4v) is 9.75. The first-order chi connectivity index (χ1) is 33.4. The van der Waals surface area contributed by atoms with E-state index in [0.717, 1.165) is 133 Å². The van der Waals surface area contributed by atoms with Crippen molar-refractivity contribution < 1.29 is 23.4 Å². The Morgan fingerprint density at radius 1 is 0.824 bits per heavy atom. The minimum Gasteiger partial charge on any atom is -0.456 e. The van der Waals surface area contributed by atoms with Crippen LogP contribution in [0.4, 0.5) is 16.0 Å². The Balaban J connectivity index is 0.672. The van der Waals surface area contributed by atoms with Crippen LogP contribution in [0.25, 0.3) is 38.7 Å². The van der Waals surface area contributed by atoms with Crippen molar-refractivity contribution in [1.29, 1.82) is 0 Å². The van der Waals surface area contributed by atoms with E-state index in [-0.39, 0.29) is 0 Å². The molecule has 1 aliphatic heterocycles. The van der Waals surface area contributed by atoms with Crippen molar-refractivity contribution in [1.82, 2.24) is 24.3 Å². The number of fused-ring (bicyclic) bond motifs is 2. The zero-order chi connectivity index (χ0) is 46.7. The molecule has 0 spiro atoms. The smallest absolute Gasteiger partial charge is 0.229 e. The van der Waals surface area contributed by atoms with E-state index >= 15 is 0 Å². The van der Waals surface area contributed by atoms with E-state index in [4.69, 9.17) is 30.8 Å². The van der Waals surface area contributed by atoms with E-state index in [0.29, 0.717) is 48.3 Å². The Morgan fingerprint density at radius 2 is 1.57 bits per heavy atom. The molecule has 0 radical (unpaired) electrons. The molecule has 2 aromatic heterocycles. The quantitative estimate of drug-likeness (QED) is 0.0347. The molecule has 2 fully saturated rings. The molecule has 1 saturated heterocycles. The Bertz CT molecular complexity index is 2800. The standard InChI is InChI=1S/C56H60ClFN6O4/c1-40-50-12-6-5-9-43(50)21-22-53(40)68-54(23-29-65)45-19-15-42(16-20-45)39-67-32-8-31-66-30-7-24-62-25-27-63(28-26-62)37-41-13-17-44(18-14-41)52-38-64(49-10-3-2-4-11-49)55-51(52)36-59-56(61-55)60-48-34-46(57)33-47(58)35-48/h5-6,9,12-23,29,33-36,38,49H,2-4,7-8,10-11,24-28,30-32,37,39H2,1H3,(H,59,60,61)/b54-23-. The minimum absolute atomic E-state index is 0.318. The number of benzene rings is 5. The van der Waals surface area contributed by atoms with Gasteiger partial charge in [-0.05, 0) is 89.9 Å². The van der Waals surface area contributed by atoms with Crippen molar-refractivity contribution in [2.45, 2.75) is 71.1 Å². The highest BCUT2D eigenvalue weighted by atomic mass is 35.5. The van der Waals surface area contributed by atoms with Crippen LogP contribution >= 0.6 is 11.6 Å². The number of anilines is 2. The second kappa shape index (κ2) is 22.9. The number of ether oxygens (including phenoxy) is 3. The summed E-state index contributed by atoms with van der Waals surface area (Å²) in [5.41, 5.74) is 7.91. The SMILES string of the molecule is Cc1c(O/C(=C\C=O)c2ccc(COCCCOCCCN3CCN(Cc4ccc(-c5cn(C6CCCCC6)c6nc(Nc7cc(F)cc(Cl)c7)ncc56)cc4)CC3)cc2)ccc2ccccc12.